The smallest absolute Gasteiger partial charge is 0.265 e. The molecule has 0 unspecified atom stereocenters. The maximum absolute atomic E-state index is 13.3. The Morgan fingerprint density at radius 2 is 0.674 bits per heavy atom. The predicted octanol–water partition coefficient (Wildman–Crippen LogP) is 7.39. The summed E-state index contributed by atoms with van der Waals surface area (Å²) in [4.78, 5) is 55.7. The number of rotatable bonds is 4. The fourth-order valence-corrected chi connectivity index (χ4v) is 5.99. The highest BCUT2D eigenvalue weighted by molar-refractivity contribution is 6.36. The van der Waals surface area contributed by atoms with Gasteiger partial charge in [-0.25, -0.2) is 9.80 Å². The fourth-order valence-electron chi connectivity index (χ4n) is 5.99. The number of benzene rings is 6. The van der Waals surface area contributed by atoms with E-state index in [-0.39, 0.29) is 23.6 Å². The first kappa shape index (κ1) is 24.7. The second-order valence-corrected chi connectivity index (χ2v) is 10.4. The van der Waals surface area contributed by atoms with Gasteiger partial charge >= 0.3 is 0 Å². The highest BCUT2D eigenvalue weighted by Gasteiger charge is 2.35. The topological polar surface area (TPSA) is 84.0 Å². The molecule has 43 heavy (non-hydrogen) atoms. The third-order valence-corrected chi connectivity index (χ3v) is 7.97. The van der Waals surface area contributed by atoms with Gasteiger partial charge in [-0.1, -0.05) is 48.5 Å². The molecule has 7 heteroatoms. The molecule has 2 heterocycles. The van der Waals surface area contributed by atoms with Crippen molar-refractivity contribution in [3.63, 3.8) is 0 Å². The summed E-state index contributed by atoms with van der Waals surface area (Å²) in [5, 5.41) is 3.05. The standard InChI is InChI=1S/C36H20N2O5/c39-33-27-9-1-5-21-6-2-10-28(31(21)27)34(40)37(33)23-13-17-25(18-14-23)43-26-19-15-24(16-20-26)38-35(41)29-11-3-7-22-8-4-12-30(32(22)29)36(38)42/h1-20H. The minimum absolute atomic E-state index is 0.376. The number of anilines is 2. The zero-order chi connectivity index (χ0) is 29.2. The van der Waals surface area contributed by atoms with Crippen LogP contribution in [0.3, 0.4) is 0 Å². The molecule has 7 nitrogen and oxygen atoms in total. The van der Waals surface area contributed by atoms with Crippen LogP contribution >= 0.6 is 0 Å². The molecule has 0 saturated carbocycles. The van der Waals surface area contributed by atoms with Crippen molar-refractivity contribution in [3.05, 3.63) is 144 Å². The molecule has 0 saturated heterocycles. The normalized spacial score (nSPS) is 14.1. The molecule has 0 N–H and O–H groups in total. The van der Waals surface area contributed by atoms with Crippen LogP contribution in [-0.4, -0.2) is 23.6 Å². The minimum atomic E-state index is -0.376. The molecule has 6 aromatic rings. The Morgan fingerprint density at radius 3 is 0.977 bits per heavy atom. The van der Waals surface area contributed by atoms with E-state index in [0.717, 1.165) is 10.8 Å². The van der Waals surface area contributed by atoms with Gasteiger partial charge in [-0.05, 0) is 83.6 Å². The van der Waals surface area contributed by atoms with E-state index in [1.165, 1.54) is 9.80 Å². The maximum Gasteiger partial charge on any atom is 0.265 e. The van der Waals surface area contributed by atoms with E-state index in [9.17, 15) is 19.2 Å². The van der Waals surface area contributed by atoms with Gasteiger partial charge in [-0.15, -0.1) is 0 Å². The minimum Gasteiger partial charge on any atom is -0.457 e. The summed E-state index contributed by atoms with van der Waals surface area (Å²) in [6, 6.07) is 35.1. The molecule has 0 aliphatic carbocycles. The van der Waals surface area contributed by atoms with Crippen molar-refractivity contribution in [2.24, 2.45) is 0 Å². The number of nitrogens with zero attached hydrogens (tertiary/aromatic N) is 2. The molecule has 0 aromatic heterocycles. The van der Waals surface area contributed by atoms with Gasteiger partial charge in [-0.3, -0.25) is 19.2 Å². The summed E-state index contributed by atoms with van der Waals surface area (Å²) in [6.45, 7) is 0. The summed E-state index contributed by atoms with van der Waals surface area (Å²) in [5.74, 6) is -0.528. The van der Waals surface area contributed by atoms with Crippen LogP contribution in [-0.2, 0) is 0 Å². The molecule has 0 radical (unpaired) electrons. The Labute approximate surface area is 245 Å². The van der Waals surface area contributed by atoms with Crippen LogP contribution in [0, 0.1) is 0 Å². The van der Waals surface area contributed by atoms with Crippen LogP contribution in [0.4, 0.5) is 11.4 Å². The largest absolute Gasteiger partial charge is 0.457 e. The molecular weight excluding hydrogens is 540 g/mol. The van der Waals surface area contributed by atoms with Gasteiger partial charge in [0.25, 0.3) is 23.6 Å². The van der Waals surface area contributed by atoms with Crippen LogP contribution in [0.15, 0.2) is 121 Å². The van der Waals surface area contributed by atoms with E-state index >= 15 is 0 Å². The molecule has 6 aromatic carbocycles. The lowest BCUT2D eigenvalue weighted by molar-refractivity contribution is 0.0877. The summed E-state index contributed by atoms with van der Waals surface area (Å²) >= 11 is 0. The SMILES string of the molecule is O=C1c2cccc3cccc(c23)C(=O)N1c1ccc(Oc2ccc(N3C(=O)c4cccc5cccc(c45)C3=O)cc2)cc1. The van der Waals surface area contributed by atoms with Gasteiger partial charge in [0, 0.05) is 33.0 Å². The van der Waals surface area contributed by atoms with Gasteiger partial charge in [0.1, 0.15) is 11.5 Å². The second kappa shape index (κ2) is 9.22. The highest BCUT2D eigenvalue weighted by Crippen LogP contribution is 2.36. The van der Waals surface area contributed by atoms with Gasteiger partial charge in [0.15, 0.2) is 0 Å². The average molecular weight is 561 g/mol. The Balaban J connectivity index is 1.03. The molecule has 2 aliphatic heterocycles. The predicted molar refractivity (Wildman–Crippen MR) is 163 cm³/mol. The van der Waals surface area contributed by atoms with Crippen LogP contribution in [0.2, 0.25) is 0 Å². The number of hydrogen-bond acceptors (Lipinski definition) is 5. The summed E-state index contributed by atoms with van der Waals surface area (Å²) in [5.41, 5.74) is 2.80. The fraction of sp³-hybridized carbons (Fsp3) is 0. The summed E-state index contributed by atoms with van der Waals surface area (Å²) in [6.07, 6.45) is 0. The first-order chi connectivity index (χ1) is 21.0. The lowest BCUT2D eigenvalue weighted by atomic mass is 9.94. The molecule has 0 atom stereocenters. The molecular formula is C36H20N2O5. The first-order valence-corrected chi connectivity index (χ1v) is 13.7. The number of ether oxygens (including phenoxy) is 1. The Bertz CT molecular complexity index is 1930. The average Bonchev–Trinajstić information content (AvgIpc) is 3.04. The molecule has 0 fully saturated rings. The van der Waals surface area contributed by atoms with E-state index in [0.29, 0.717) is 55.9 Å². The van der Waals surface area contributed by atoms with Crippen LogP contribution in [0.5, 0.6) is 11.5 Å². The summed E-state index contributed by atoms with van der Waals surface area (Å²) < 4.78 is 6.00. The monoisotopic (exact) mass is 560 g/mol. The van der Waals surface area contributed by atoms with Crippen molar-refractivity contribution in [3.8, 4) is 11.5 Å². The molecule has 0 spiro atoms. The van der Waals surface area contributed by atoms with E-state index in [1.807, 2.05) is 48.5 Å². The van der Waals surface area contributed by atoms with Gasteiger partial charge in [-0.2, -0.15) is 0 Å². The highest BCUT2D eigenvalue weighted by atomic mass is 16.5. The molecule has 4 amide bonds. The van der Waals surface area contributed by atoms with Crippen LogP contribution < -0.4 is 14.5 Å². The van der Waals surface area contributed by atoms with E-state index in [2.05, 4.69) is 0 Å². The summed E-state index contributed by atoms with van der Waals surface area (Å²) in [7, 11) is 0. The van der Waals surface area contributed by atoms with Gasteiger partial charge < -0.3 is 4.74 Å². The van der Waals surface area contributed by atoms with Gasteiger partial charge in [0.05, 0.1) is 11.4 Å². The molecule has 2 aliphatic rings. The third-order valence-electron chi connectivity index (χ3n) is 7.97. The van der Waals surface area contributed by atoms with E-state index in [1.54, 1.807) is 72.8 Å². The molecule has 0 bridgehead atoms. The molecule has 8 rings (SSSR count). The first-order valence-electron chi connectivity index (χ1n) is 13.7. The molecule has 204 valence electrons. The van der Waals surface area contributed by atoms with Crippen molar-refractivity contribution in [2.45, 2.75) is 0 Å². The van der Waals surface area contributed by atoms with Crippen molar-refractivity contribution in [1.82, 2.24) is 0 Å². The number of imide groups is 2. The van der Waals surface area contributed by atoms with E-state index in [4.69, 9.17) is 4.74 Å². The Morgan fingerprint density at radius 1 is 0.372 bits per heavy atom. The number of carbonyl (C=O) groups excluding carboxylic acids is 4. The number of amides is 4. The van der Waals surface area contributed by atoms with Crippen molar-refractivity contribution in [2.75, 3.05) is 9.80 Å². The lowest BCUT2D eigenvalue weighted by Crippen LogP contribution is -2.40. The lowest BCUT2D eigenvalue weighted by Gasteiger charge is -2.27. The van der Waals surface area contributed by atoms with E-state index < -0.39 is 0 Å². The van der Waals surface area contributed by atoms with Gasteiger partial charge in [0.2, 0.25) is 0 Å². The van der Waals surface area contributed by atoms with Crippen LogP contribution in [0.1, 0.15) is 41.4 Å². The zero-order valence-corrected chi connectivity index (χ0v) is 22.5. The number of carbonyl (C=O) groups is 4. The van der Waals surface area contributed by atoms with Crippen molar-refractivity contribution >= 4 is 56.5 Å². The number of hydrogen-bond donors (Lipinski definition) is 0. The second-order valence-electron chi connectivity index (χ2n) is 10.4. The Kier molecular flexibility index (Phi) is 5.30. The Hall–Kier alpha value is -6.08. The third kappa shape index (κ3) is 3.68. The van der Waals surface area contributed by atoms with Crippen molar-refractivity contribution < 1.29 is 23.9 Å². The van der Waals surface area contributed by atoms with Crippen molar-refractivity contribution in [1.29, 1.82) is 0 Å². The van der Waals surface area contributed by atoms with Crippen LogP contribution in [0.25, 0.3) is 21.5 Å². The quantitative estimate of drug-likeness (QED) is 0.210. The zero-order valence-electron chi connectivity index (χ0n) is 22.5. The maximum atomic E-state index is 13.3.